The van der Waals surface area contributed by atoms with E-state index < -0.39 is 0 Å². The van der Waals surface area contributed by atoms with E-state index in [1.807, 2.05) is 0 Å². The summed E-state index contributed by atoms with van der Waals surface area (Å²) >= 11 is 2.06. The Bertz CT molecular complexity index is 408. The van der Waals surface area contributed by atoms with Gasteiger partial charge in [-0.15, -0.1) is 0 Å². The largest absolute Gasteiger partial charge is 0.310 e. The zero-order valence-electron chi connectivity index (χ0n) is 13.2. The van der Waals surface area contributed by atoms with Crippen LogP contribution in [0.1, 0.15) is 57.3 Å². The molecule has 1 N–H and O–H groups in total. The van der Waals surface area contributed by atoms with E-state index >= 15 is 0 Å². The Balaban J connectivity index is 1.89. The number of aryl methyl sites for hydroxylation is 2. The van der Waals surface area contributed by atoms with E-state index in [1.165, 1.54) is 43.5 Å². The molecule has 0 radical (unpaired) electrons. The third kappa shape index (κ3) is 3.79. The summed E-state index contributed by atoms with van der Waals surface area (Å²) in [6.45, 7) is 7.38. The third-order valence-corrected chi connectivity index (χ3v) is 5.95. The van der Waals surface area contributed by atoms with Crippen molar-refractivity contribution < 1.29 is 0 Å². The zero-order chi connectivity index (χ0) is 14.4. The Hall–Kier alpha value is -0.480. The first-order valence-electron chi connectivity index (χ1n) is 8.04. The first-order chi connectivity index (χ1) is 9.73. The summed E-state index contributed by atoms with van der Waals surface area (Å²) in [7, 11) is 0. The second-order valence-electron chi connectivity index (χ2n) is 5.85. The molecule has 0 amide bonds. The van der Waals surface area contributed by atoms with Crippen LogP contribution < -0.4 is 5.32 Å². The maximum atomic E-state index is 4.62. The molecule has 0 spiro atoms. The highest BCUT2D eigenvalue weighted by Crippen LogP contribution is 2.37. The van der Waals surface area contributed by atoms with Gasteiger partial charge in [-0.2, -0.15) is 16.9 Å². The van der Waals surface area contributed by atoms with Gasteiger partial charge in [-0.25, -0.2) is 0 Å². The maximum Gasteiger partial charge on any atom is 0.0625 e. The van der Waals surface area contributed by atoms with Crippen molar-refractivity contribution in [3.63, 3.8) is 0 Å². The monoisotopic (exact) mass is 295 g/mol. The lowest BCUT2D eigenvalue weighted by atomic mass is 9.88. The molecular formula is C16H29N3S. The molecule has 1 aliphatic rings. The number of rotatable bonds is 7. The lowest BCUT2D eigenvalue weighted by Gasteiger charge is -2.36. The quantitative estimate of drug-likeness (QED) is 0.833. The SMILES string of the molecule is CCc1cc(CNCC2(SC)CCCCC2)n(CC)n1. The molecule has 0 atom stereocenters. The van der Waals surface area contributed by atoms with Crippen LogP contribution in [-0.4, -0.2) is 27.3 Å². The van der Waals surface area contributed by atoms with Crippen LogP contribution in [0, 0.1) is 0 Å². The average molecular weight is 295 g/mol. The van der Waals surface area contributed by atoms with E-state index in [-0.39, 0.29) is 0 Å². The van der Waals surface area contributed by atoms with Crippen LogP contribution in [0.3, 0.4) is 0 Å². The first kappa shape index (κ1) is 15.9. The van der Waals surface area contributed by atoms with Gasteiger partial charge in [-0.05, 0) is 38.5 Å². The summed E-state index contributed by atoms with van der Waals surface area (Å²) in [6, 6.07) is 2.25. The van der Waals surface area contributed by atoms with Crippen molar-refractivity contribution in [2.45, 2.75) is 70.2 Å². The van der Waals surface area contributed by atoms with E-state index in [4.69, 9.17) is 0 Å². The van der Waals surface area contributed by atoms with Crippen LogP contribution in [0.5, 0.6) is 0 Å². The Morgan fingerprint density at radius 1 is 1.30 bits per heavy atom. The van der Waals surface area contributed by atoms with Crippen LogP contribution in [0.25, 0.3) is 0 Å². The molecule has 4 heteroatoms. The fourth-order valence-electron chi connectivity index (χ4n) is 3.17. The van der Waals surface area contributed by atoms with Crippen LogP contribution in [0.15, 0.2) is 6.07 Å². The highest BCUT2D eigenvalue weighted by Gasteiger charge is 2.30. The van der Waals surface area contributed by atoms with Crippen molar-refractivity contribution in [2.75, 3.05) is 12.8 Å². The topological polar surface area (TPSA) is 29.9 Å². The summed E-state index contributed by atoms with van der Waals surface area (Å²) in [5.41, 5.74) is 2.54. The lowest BCUT2D eigenvalue weighted by molar-refractivity contribution is 0.377. The van der Waals surface area contributed by atoms with Crippen molar-refractivity contribution in [3.05, 3.63) is 17.5 Å². The minimum atomic E-state index is 0.475. The third-order valence-electron chi connectivity index (χ3n) is 4.53. The number of nitrogens with one attached hydrogen (secondary N) is 1. The van der Waals surface area contributed by atoms with Gasteiger partial charge in [-0.3, -0.25) is 4.68 Å². The average Bonchev–Trinajstić information content (AvgIpc) is 2.90. The molecule has 1 fully saturated rings. The summed E-state index contributed by atoms with van der Waals surface area (Å²) in [5, 5.41) is 8.32. The van der Waals surface area contributed by atoms with Gasteiger partial charge in [0.05, 0.1) is 11.4 Å². The normalized spacial score (nSPS) is 18.4. The van der Waals surface area contributed by atoms with Gasteiger partial charge >= 0.3 is 0 Å². The highest BCUT2D eigenvalue weighted by atomic mass is 32.2. The second-order valence-corrected chi connectivity index (χ2v) is 7.12. The highest BCUT2D eigenvalue weighted by molar-refractivity contribution is 8.00. The molecule has 114 valence electrons. The molecule has 3 nitrogen and oxygen atoms in total. The number of nitrogens with zero attached hydrogens (tertiary/aromatic N) is 2. The Labute approximate surface area is 127 Å². The van der Waals surface area contributed by atoms with Gasteiger partial charge in [0.15, 0.2) is 0 Å². The predicted molar refractivity (Wildman–Crippen MR) is 88.3 cm³/mol. The van der Waals surface area contributed by atoms with E-state index in [9.17, 15) is 0 Å². The fourth-order valence-corrected chi connectivity index (χ4v) is 4.11. The van der Waals surface area contributed by atoms with Crippen molar-refractivity contribution in [3.8, 4) is 0 Å². The molecule has 0 unspecified atom stereocenters. The smallest absolute Gasteiger partial charge is 0.0625 e. The molecule has 20 heavy (non-hydrogen) atoms. The molecule has 1 aromatic rings. The molecule has 0 aliphatic heterocycles. The summed E-state index contributed by atoms with van der Waals surface area (Å²) in [6.07, 6.45) is 10.3. The van der Waals surface area contributed by atoms with Gasteiger partial charge in [-0.1, -0.05) is 26.2 Å². The van der Waals surface area contributed by atoms with Crippen LogP contribution in [-0.2, 0) is 19.5 Å². The van der Waals surface area contributed by atoms with Crippen LogP contribution in [0.2, 0.25) is 0 Å². The van der Waals surface area contributed by atoms with Crippen LogP contribution in [0.4, 0.5) is 0 Å². The van der Waals surface area contributed by atoms with Crippen molar-refractivity contribution in [1.82, 2.24) is 15.1 Å². The van der Waals surface area contributed by atoms with Gasteiger partial charge in [0.25, 0.3) is 0 Å². The van der Waals surface area contributed by atoms with E-state index in [0.29, 0.717) is 4.75 Å². The van der Waals surface area contributed by atoms with Gasteiger partial charge in [0, 0.05) is 24.4 Å². The van der Waals surface area contributed by atoms with Crippen LogP contribution >= 0.6 is 11.8 Å². The van der Waals surface area contributed by atoms with Crippen molar-refractivity contribution in [2.24, 2.45) is 0 Å². The number of hydrogen-bond acceptors (Lipinski definition) is 3. The first-order valence-corrected chi connectivity index (χ1v) is 9.27. The van der Waals surface area contributed by atoms with Gasteiger partial charge in [0.1, 0.15) is 0 Å². The van der Waals surface area contributed by atoms with E-state index in [0.717, 1.165) is 26.1 Å². The molecule has 0 saturated heterocycles. The molecule has 1 aliphatic carbocycles. The Morgan fingerprint density at radius 3 is 2.65 bits per heavy atom. The summed E-state index contributed by atoms with van der Waals surface area (Å²) < 4.78 is 2.61. The van der Waals surface area contributed by atoms with E-state index in [2.05, 4.69) is 53.0 Å². The molecule has 1 saturated carbocycles. The fraction of sp³-hybridized carbons (Fsp3) is 0.812. The minimum absolute atomic E-state index is 0.475. The molecule has 2 rings (SSSR count). The Kier molecular flexibility index (Phi) is 5.97. The predicted octanol–water partition coefficient (Wildman–Crippen LogP) is 3.62. The van der Waals surface area contributed by atoms with Crippen molar-refractivity contribution in [1.29, 1.82) is 0 Å². The van der Waals surface area contributed by atoms with Gasteiger partial charge in [0.2, 0.25) is 0 Å². The number of hydrogen-bond donors (Lipinski definition) is 1. The van der Waals surface area contributed by atoms with E-state index in [1.54, 1.807) is 0 Å². The lowest BCUT2D eigenvalue weighted by Crippen LogP contribution is -2.39. The standard InChI is InChI=1S/C16H29N3S/c1-4-14-11-15(19(5-2)18-14)12-17-13-16(20-3)9-7-6-8-10-16/h11,17H,4-10,12-13H2,1-3H3. The molecule has 1 heterocycles. The number of thioether (sulfide) groups is 1. The minimum Gasteiger partial charge on any atom is -0.310 e. The molecule has 0 bridgehead atoms. The summed E-state index contributed by atoms with van der Waals surface area (Å²) in [4.78, 5) is 0. The van der Waals surface area contributed by atoms with Crippen molar-refractivity contribution >= 4 is 11.8 Å². The van der Waals surface area contributed by atoms with Gasteiger partial charge < -0.3 is 5.32 Å². The Morgan fingerprint density at radius 2 is 2.05 bits per heavy atom. The number of aromatic nitrogens is 2. The summed E-state index contributed by atoms with van der Waals surface area (Å²) in [5.74, 6) is 0. The molecule has 0 aromatic carbocycles. The zero-order valence-corrected chi connectivity index (χ0v) is 14.1. The molecule has 1 aromatic heterocycles. The maximum absolute atomic E-state index is 4.62. The second kappa shape index (κ2) is 7.51. The molecular weight excluding hydrogens is 266 g/mol.